The lowest BCUT2D eigenvalue weighted by Crippen LogP contribution is -2.87. The van der Waals surface area contributed by atoms with Crippen LogP contribution in [-0.2, 0) is 0 Å². The van der Waals surface area contributed by atoms with Crippen LogP contribution in [0.25, 0.3) is 0 Å². The van der Waals surface area contributed by atoms with Crippen molar-refractivity contribution in [2.24, 2.45) is 0 Å². The molecule has 0 bridgehead atoms. The minimum absolute atomic E-state index is 0.0276. The van der Waals surface area contributed by atoms with Gasteiger partial charge in [0.05, 0.1) is 30.5 Å². The molecule has 0 aromatic heterocycles. The summed E-state index contributed by atoms with van der Waals surface area (Å²) in [7, 11) is -5.97. The van der Waals surface area contributed by atoms with Gasteiger partial charge in [-0.25, -0.2) is 0 Å². The van der Waals surface area contributed by atoms with E-state index >= 15 is 0 Å². The van der Waals surface area contributed by atoms with E-state index in [1.807, 2.05) is 0 Å². The summed E-state index contributed by atoms with van der Waals surface area (Å²) in [6.07, 6.45) is -1.95. The molecule has 1 heterocycles. The van der Waals surface area contributed by atoms with Crippen LogP contribution in [0.4, 0.5) is 0 Å². The molecule has 0 spiro atoms. The molecule has 1 aliphatic rings. The van der Waals surface area contributed by atoms with Gasteiger partial charge in [-0.1, -0.05) is 192 Å². The topological polar surface area (TPSA) is 0 Å². The van der Waals surface area contributed by atoms with Gasteiger partial charge in [0, 0.05) is 7.23 Å². The fraction of sp³-hybridized carbons (Fsp3) is 1.00. The van der Waals surface area contributed by atoms with Crippen LogP contribution in [0.1, 0.15) is 166 Å². The lowest BCUT2D eigenvalue weighted by Gasteiger charge is -2.79. The fourth-order valence-corrected chi connectivity index (χ4v) is 324. The molecular formula is C36H84P2Si6. The minimum atomic E-state index is -1.95. The van der Waals surface area contributed by atoms with Gasteiger partial charge in [-0.2, -0.15) is 7.27 Å². The normalized spacial score (nSPS) is 21.2. The van der Waals surface area contributed by atoms with Crippen LogP contribution in [0, 0.1) is 0 Å². The van der Waals surface area contributed by atoms with E-state index in [0.29, 0.717) is 40.3 Å². The number of hydrogen-bond donors (Lipinski definition) is 0. The third kappa shape index (κ3) is 5.75. The molecule has 0 radical (unpaired) electrons. The maximum Gasteiger partial charge on any atom is 0.112 e. The molecule has 0 aromatic carbocycles. The van der Waals surface area contributed by atoms with E-state index in [9.17, 15) is 0 Å². The first-order valence-corrected chi connectivity index (χ1v) is 40.8. The minimum Gasteiger partial charge on any atom is -0.155 e. The zero-order valence-electron chi connectivity index (χ0n) is 35.9. The van der Waals surface area contributed by atoms with Crippen molar-refractivity contribution in [3.8, 4) is 0 Å². The molecule has 44 heavy (non-hydrogen) atoms. The first-order valence-electron chi connectivity index (χ1n) is 17.9. The first kappa shape index (κ1) is 44.1. The maximum atomic E-state index is 3.07. The summed E-state index contributed by atoms with van der Waals surface area (Å²) in [5.41, 5.74) is 0. The molecule has 1 atom stereocenters. The summed E-state index contributed by atoms with van der Waals surface area (Å²) in [5, 5.41) is 3.16. The molecule has 1 aliphatic heterocycles. The Bertz CT molecular complexity index is 1000. The molecule has 0 aliphatic carbocycles. The van der Waals surface area contributed by atoms with E-state index < -0.39 is 44.2 Å². The second-order valence-electron chi connectivity index (χ2n) is 23.9. The lowest BCUT2D eigenvalue weighted by molar-refractivity contribution is 0.625. The molecule has 0 N–H and O–H groups in total. The summed E-state index contributed by atoms with van der Waals surface area (Å²) in [4.78, 5) is 0. The molecule has 0 saturated heterocycles. The highest BCUT2D eigenvalue weighted by Gasteiger charge is 2.84. The second-order valence-corrected chi connectivity index (χ2v) is 94.0. The molecule has 0 amide bonds. The van der Waals surface area contributed by atoms with E-state index in [1.165, 1.54) is 0 Å². The third-order valence-corrected chi connectivity index (χ3v) is 180. The quantitative estimate of drug-likeness (QED) is 0.198. The Balaban J connectivity index is 5.24. The van der Waals surface area contributed by atoms with Crippen LogP contribution in [0.2, 0.25) is 66.5 Å². The van der Waals surface area contributed by atoms with Gasteiger partial charge in [-0.3, -0.25) is 0 Å². The monoisotopic (exact) mass is 746 g/mol. The summed E-state index contributed by atoms with van der Waals surface area (Å²) in [5.74, 6) is 0. The van der Waals surface area contributed by atoms with E-state index in [2.05, 4.69) is 200 Å². The first-order chi connectivity index (χ1) is 18.5. The summed E-state index contributed by atoms with van der Waals surface area (Å²) in [6.45, 7) is 77.8. The van der Waals surface area contributed by atoms with Gasteiger partial charge in [0.1, 0.15) is 6.44 Å². The maximum absolute atomic E-state index is 3.07. The van der Waals surface area contributed by atoms with Crippen molar-refractivity contribution in [3.05, 3.63) is 0 Å². The molecule has 1 unspecified atom stereocenters. The zero-order valence-corrected chi connectivity index (χ0v) is 43.7. The Morgan fingerprint density at radius 3 is 0.773 bits per heavy atom. The van der Waals surface area contributed by atoms with Crippen LogP contribution in [0.5, 0.6) is 0 Å². The Kier molecular flexibility index (Phi) is 11.5. The van der Waals surface area contributed by atoms with Gasteiger partial charge in [-0.05, 0) is 40.3 Å². The van der Waals surface area contributed by atoms with Crippen LogP contribution < -0.4 is 0 Å². The highest BCUT2D eigenvalue weighted by Crippen LogP contribution is 2.88. The van der Waals surface area contributed by atoms with Crippen molar-refractivity contribution in [3.63, 3.8) is 0 Å². The van der Waals surface area contributed by atoms with Crippen molar-refractivity contribution in [2.45, 2.75) is 233 Å². The predicted octanol–water partition coefficient (Wildman–Crippen LogP) is 15.8. The second kappa shape index (κ2) is 11.5. The molecule has 0 nitrogen and oxygen atoms in total. The number of hydrogen-bond acceptors (Lipinski definition) is 0. The Morgan fingerprint density at radius 1 is 0.386 bits per heavy atom. The SMILES string of the molecule is CC(C)(C)[Si](C)([Si]1=P[Si]([Si](C)(C(C)(C)C)C(C)(C)C)([Si](C)(C(C)(C)C)C(C)(C)C)P1[Si](C)(C(C)(C)C)C(C)(C)C)C(C)(C)C. The molecule has 0 saturated carbocycles. The van der Waals surface area contributed by atoms with Crippen molar-refractivity contribution < 1.29 is 0 Å². The average Bonchev–Trinajstić information content (AvgIpc) is 2.65. The van der Waals surface area contributed by atoms with Crippen LogP contribution in [0.3, 0.4) is 0 Å². The Labute approximate surface area is 289 Å². The van der Waals surface area contributed by atoms with Gasteiger partial charge < -0.3 is 0 Å². The van der Waals surface area contributed by atoms with E-state index in [1.54, 1.807) is 0 Å². The van der Waals surface area contributed by atoms with E-state index in [-0.39, 0.29) is 6.57 Å². The molecule has 1 rings (SSSR count). The van der Waals surface area contributed by atoms with Crippen LogP contribution in [0.15, 0.2) is 0 Å². The van der Waals surface area contributed by atoms with Gasteiger partial charge >= 0.3 is 0 Å². The Morgan fingerprint density at radius 2 is 0.614 bits per heavy atom. The van der Waals surface area contributed by atoms with Crippen LogP contribution >= 0.6 is 13.8 Å². The highest BCUT2D eigenvalue weighted by atomic mass is 32.1. The highest BCUT2D eigenvalue weighted by molar-refractivity contribution is 8.71. The average molecular weight is 748 g/mol. The summed E-state index contributed by atoms with van der Waals surface area (Å²) in [6, 6.07) is 0. The molecule has 0 aromatic rings. The van der Waals surface area contributed by atoms with Crippen LogP contribution in [-0.4, -0.2) is 44.2 Å². The smallest absolute Gasteiger partial charge is 0.112 e. The van der Waals surface area contributed by atoms with Crippen molar-refractivity contribution in [1.29, 1.82) is 0 Å². The van der Waals surface area contributed by atoms with E-state index in [0.717, 1.165) is 0 Å². The predicted molar refractivity (Wildman–Crippen MR) is 230 cm³/mol. The molecule has 262 valence electrons. The lowest BCUT2D eigenvalue weighted by atomic mass is 10.2. The molecular weight excluding hydrogens is 663 g/mol. The Hall–Kier alpha value is 2.03. The van der Waals surface area contributed by atoms with Gasteiger partial charge in [-0.15, -0.1) is 6.57 Å². The third-order valence-electron chi connectivity index (χ3n) is 15.0. The standard InChI is InChI=1S/C36H84P2Si6/c1-29(2,3)40(25,30(4,5)6)38-39(41(26,31(7,8)9)32(10,11)12)37-44(38,42(27,33(13,14)15)34(16,17)18)43(28,35(19,20)21)36(22,23)24/h1-28H3. The fourth-order valence-electron chi connectivity index (χ4n) is 10.3. The van der Waals surface area contributed by atoms with Crippen molar-refractivity contribution >= 4 is 58.0 Å². The molecule has 0 fully saturated rings. The summed E-state index contributed by atoms with van der Waals surface area (Å²) < 4.78 is 0. The van der Waals surface area contributed by atoms with Gasteiger partial charge in [0.25, 0.3) is 0 Å². The van der Waals surface area contributed by atoms with Gasteiger partial charge in [0.15, 0.2) is 0 Å². The van der Waals surface area contributed by atoms with Crippen molar-refractivity contribution in [1.82, 2.24) is 0 Å². The summed E-state index contributed by atoms with van der Waals surface area (Å²) >= 11 is 0. The molecule has 8 heteroatoms. The zero-order chi connectivity index (χ0) is 36.4. The number of rotatable bonds is 4. The largest absolute Gasteiger partial charge is 0.155 e. The van der Waals surface area contributed by atoms with Crippen molar-refractivity contribution in [2.75, 3.05) is 0 Å². The van der Waals surface area contributed by atoms with Gasteiger partial charge in [0.2, 0.25) is 0 Å². The van der Waals surface area contributed by atoms with E-state index in [4.69, 9.17) is 0 Å².